The van der Waals surface area contributed by atoms with Gasteiger partial charge in [-0.25, -0.2) is 0 Å². The summed E-state index contributed by atoms with van der Waals surface area (Å²) in [4.78, 5) is 4.80. The fourth-order valence-corrected chi connectivity index (χ4v) is 2.85. The van der Waals surface area contributed by atoms with Gasteiger partial charge >= 0.3 is 0 Å². The first kappa shape index (κ1) is 15.3. The van der Waals surface area contributed by atoms with Crippen LogP contribution in [0, 0.1) is 0 Å². The maximum Gasteiger partial charge on any atom is 0.124 e. The molecule has 0 spiro atoms. The summed E-state index contributed by atoms with van der Waals surface area (Å²) in [5.74, 6) is 0.925. The van der Waals surface area contributed by atoms with E-state index in [0.717, 1.165) is 37.4 Å². The zero-order valence-electron chi connectivity index (χ0n) is 12.9. The van der Waals surface area contributed by atoms with Crippen molar-refractivity contribution in [1.82, 2.24) is 9.80 Å². The Balaban J connectivity index is 2.05. The zero-order chi connectivity index (χ0) is 14.5. The molecule has 0 bridgehead atoms. The first-order valence-corrected chi connectivity index (χ1v) is 7.48. The third-order valence-electron chi connectivity index (χ3n) is 4.12. The van der Waals surface area contributed by atoms with E-state index in [2.05, 4.69) is 30.0 Å². The molecule has 0 saturated carbocycles. The van der Waals surface area contributed by atoms with Crippen molar-refractivity contribution < 1.29 is 4.74 Å². The second kappa shape index (κ2) is 7.07. The van der Waals surface area contributed by atoms with Crippen molar-refractivity contribution in [2.45, 2.75) is 25.4 Å². The molecule has 0 aliphatic carbocycles. The molecule has 0 radical (unpaired) electrons. The van der Waals surface area contributed by atoms with Crippen LogP contribution in [-0.4, -0.2) is 56.2 Å². The van der Waals surface area contributed by atoms with Gasteiger partial charge in [0.2, 0.25) is 0 Å². The van der Waals surface area contributed by atoms with E-state index in [-0.39, 0.29) is 6.04 Å². The average Bonchev–Trinajstić information content (AvgIpc) is 2.44. The molecule has 1 aromatic carbocycles. The molecule has 2 atom stereocenters. The van der Waals surface area contributed by atoms with Gasteiger partial charge in [0.25, 0.3) is 0 Å². The average molecular weight is 277 g/mol. The van der Waals surface area contributed by atoms with Gasteiger partial charge in [-0.3, -0.25) is 0 Å². The molecule has 2 rings (SSSR count). The van der Waals surface area contributed by atoms with Gasteiger partial charge in [-0.15, -0.1) is 0 Å². The van der Waals surface area contributed by atoms with Crippen LogP contribution in [0.1, 0.15) is 24.9 Å². The van der Waals surface area contributed by atoms with Crippen molar-refractivity contribution in [3.8, 4) is 5.75 Å². The number of ether oxygens (including phenoxy) is 1. The van der Waals surface area contributed by atoms with E-state index in [1.54, 1.807) is 0 Å². The van der Waals surface area contributed by atoms with Crippen LogP contribution < -0.4 is 10.5 Å². The second-order valence-corrected chi connectivity index (χ2v) is 5.71. The van der Waals surface area contributed by atoms with Gasteiger partial charge in [-0.05, 0) is 33.5 Å². The number of rotatable bonds is 5. The van der Waals surface area contributed by atoms with Crippen LogP contribution in [0.15, 0.2) is 24.3 Å². The van der Waals surface area contributed by atoms with E-state index < -0.39 is 0 Å². The normalized spacial score (nSPS) is 22.7. The largest absolute Gasteiger partial charge is 0.494 e. The SMILES string of the molecule is CCOc1ccccc1C(N)CC1CN(C)CCN1C. The van der Waals surface area contributed by atoms with Gasteiger partial charge in [-0.2, -0.15) is 0 Å². The molecule has 1 aromatic rings. The third-order valence-corrected chi connectivity index (χ3v) is 4.12. The second-order valence-electron chi connectivity index (χ2n) is 5.71. The van der Waals surface area contributed by atoms with E-state index in [0.29, 0.717) is 12.6 Å². The van der Waals surface area contributed by atoms with Crippen LogP contribution in [-0.2, 0) is 0 Å². The van der Waals surface area contributed by atoms with Gasteiger partial charge in [0.05, 0.1) is 6.61 Å². The van der Waals surface area contributed by atoms with Crippen LogP contribution in [0.3, 0.4) is 0 Å². The van der Waals surface area contributed by atoms with Gasteiger partial charge in [0.15, 0.2) is 0 Å². The van der Waals surface area contributed by atoms with Crippen LogP contribution in [0.2, 0.25) is 0 Å². The van der Waals surface area contributed by atoms with Gasteiger partial charge in [0, 0.05) is 37.3 Å². The molecular formula is C16H27N3O. The summed E-state index contributed by atoms with van der Waals surface area (Å²) in [5, 5.41) is 0. The number of para-hydroxylation sites is 1. The number of hydrogen-bond acceptors (Lipinski definition) is 4. The number of piperazine rings is 1. The summed E-state index contributed by atoms with van der Waals surface area (Å²) in [6.45, 7) is 6.02. The van der Waals surface area contributed by atoms with Crippen molar-refractivity contribution in [3.63, 3.8) is 0 Å². The minimum atomic E-state index is 0.0247. The number of benzene rings is 1. The zero-order valence-corrected chi connectivity index (χ0v) is 12.9. The Morgan fingerprint density at radius 2 is 2.05 bits per heavy atom. The maximum absolute atomic E-state index is 6.44. The van der Waals surface area contributed by atoms with Crippen molar-refractivity contribution in [2.24, 2.45) is 5.73 Å². The minimum absolute atomic E-state index is 0.0247. The molecule has 1 aliphatic heterocycles. The van der Waals surface area contributed by atoms with Crippen LogP contribution in [0.4, 0.5) is 0 Å². The highest BCUT2D eigenvalue weighted by Crippen LogP contribution is 2.28. The van der Waals surface area contributed by atoms with Gasteiger partial charge in [0.1, 0.15) is 5.75 Å². The molecule has 0 amide bonds. The highest BCUT2D eigenvalue weighted by atomic mass is 16.5. The van der Waals surface area contributed by atoms with Crippen molar-refractivity contribution in [1.29, 1.82) is 0 Å². The predicted molar refractivity (Wildman–Crippen MR) is 83.1 cm³/mol. The van der Waals surface area contributed by atoms with Crippen LogP contribution in [0.25, 0.3) is 0 Å². The van der Waals surface area contributed by atoms with Gasteiger partial charge < -0.3 is 20.3 Å². The number of nitrogens with zero attached hydrogens (tertiary/aromatic N) is 2. The Kier molecular flexibility index (Phi) is 5.40. The predicted octanol–water partition coefficient (Wildman–Crippen LogP) is 1.72. The minimum Gasteiger partial charge on any atom is -0.494 e. The molecule has 112 valence electrons. The molecule has 20 heavy (non-hydrogen) atoms. The molecule has 1 saturated heterocycles. The Hall–Kier alpha value is -1.10. The van der Waals surface area contributed by atoms with Crippen molar-refractivity contribution >= 4 is 0 Å². The molecule has 2 unspecified atom stereocenters. The van der Waals surface area contributed by atoms with E-state index in [1.165, 1.54) is 0 Å². The lowest BCUT2D eigenvalue weighted by Crippen LogP contribution is -2.50. The Morgan fingerprint density at radius 3 is 2.80 bits per heavy atom. The number of nitrogens with two attached hydrogens (primary N) is 1. The molecule has 4 heteroatoms. The number of likely N-dealkylation sites (N-methyl/N-ethyl adjacent to an activating group) is 2. The molecule has 2 N–H and O–H groups in total. The summed E-state index contributed by atoms with van der Waals surface area (Å²) in [5.41, 5.74) is 7.56. The summed E-state index contributed by atoms with van der Waals surface area (Å²) in [6, 6.07) is 8.67. The summed E-state index contributed by atoms with van der Waals surface area (Å²) >= 11 is 0. The topological polar surface area (TPSA) is 41.7 Å². The molecule has 4 nitrogen and oxygen atoms in total. The molecule has 1 aliphatic rings. The first-order valence-electron chi connectivity index (χ1n) is 7.48. The Morgan fingerprint density at radius 1 is 1.30 bits per heavy atom. The van der Waals surface area contributed by atoms with Gasteiger partial charge in [-0.1, -0.05) is 18.2 Å². The van der Waals surface area contributed by atoms with Crippen LogP contribution >= 0.6 is 0 Å². The molecule has 1 heterocycles. The lowest BCUT2D eigenvalue weighted by molar-refractivity contribution is 0.104. The standard InChI is InChI=1S/C16H27N3O/c1-4-20-16-8-6-5-7-14(16)15(17)11-13-12-18(2)9-10-19(13)3/h5-8,13,15H,4,9-12,17H2,1-3H3. The summed E-state index contributed by atoms with van der Waals surface area (Å²) in [7, 11) is 4.37. The number of hydrogen-bond donors (Lipinski definition) is 1. The van der Waals surface area contributed by atoms with Crippen molar-refractivity contribution in [2.75, 3.05) is 40.3 Å². The smallest absolute Gasteiger partial charge is 0.124 e. The quantitative estimate of drug-likeness (QED) is 0.890. The molecule has 1 fully saturated rings. The molecular weight excluding hydrogens is 250 g/mol. The fraction of sp³-hybridized carbons (Fsp3) is 0.625. The lowest BCUT2D eigenvalue weighted by atomic mass is 9.97. The van der Waals surface area contributed by atoms with E-state index in [9.17, 15) is 0 Å². The van der Waals surface area contributed by atoms with E-state index in [4.69, 9.17) is 10.5 Å². The fourth-order valence-electron chi connectivity index (χ4n) is 2.85. The highest BCUT2D eigenvalue weighted by molar-refractivity contribution is 5.35. The maximum atomic E-state index is 6.44. The van der Waals surface area contributed by atoms with E-state index >= 15 is 0 Å². The highest BCUT2D eigenvalue weighted by Gasteiger charge is 2.25. The molecule has 0 aromatic heterocycles. The third kappa shape index (κ3) is 3.72. The monoisotopic (exact) mass is 277 g/mol. The van der Waals surface area contributed by atoms with Crippen molar-refractivity contribution in [3.05, 3.63) is 29.8 Å². The first-order chi connectivity index (χ1) is 9.61. The van der Waals surface area contributed by atoms with Crippen LogP contribution in [0.5, 0.6) is 5.75 Å². The summed E-state index contributed by atoms with van der Waals surface area (Å²) < 4.78 is 5.69. The Bertz CT molecular complexity index is 424. The summed E-state index contributed by atoms with van der Waals surface area (Å²) in [6.07, 6.45) is 0.963. The lowest BCUT2D eigenvalue weighted by Gasteiger charge is -2.39. The Labute approximate surface area is 122 Å². The van der Waals surface area contributed by atoms with E-state index in [1.807, 2.05) is 25.1 Å².